The molecule has 0 saturated carbocycles. The molecule has 0 unspecified atom stereocenters. The minimum absolute atomic E-state index is 0.126. The van der Waals surface area contributed by atoms with Crippen molar-refractivity contribution in [3.8, 4) is 0 Å². The Labute approximate surface area is 120 Å². The lowest BCUT2D eigenvalue weighted by Crippen LogP contribution is -2.24. The standard InChI is InChI=1S/C14H11BrO3S/c15-14(13(16)11-7-3-1-4-8-11)19(17,18)12-9-5-2-6-10-12/h1-10,14H/t14-/m1/s1. The quantitative estimate of drug-likeness (QED) is 0.635. The van der Waals surface area contributed by atoms with Crippen molar-refractivity contribution in [3.63, 3.8) is 0 Å². The van der Waals surface area contributed by atoms with E-state index in [0.29, 0.717) is 5.56 Å². The third kappa shape index (κ3) is 2.93. The summed E-state index contributed by atoms with van der Waals surface area (Å²) in [6.07, 6.45) is 0. The Balaban J connectivity index is 2.35. The molecule has 0 aromatic heterocycles. The Kier molecular flexibility index (Phi) is 4.17. The molecule has 0 heterocycles. The van der Waals surface area contributed by atoms with Crippen LogP contribution in [0.1, 0.15) is 10.4 Å². The molecule has 0 aliphatic heterocycles. The van der Waals surface area contributed by atoms with Crippen molar-refractivity contribution in [3.05, 3.63) is 66.2 Å². The van der Waals surface area contributed by atoms with Crippen LogP contribution >= 0.6 is 15.9 Å². The molecular formula is C14H11BrO3S. The van der Waals surface area contributed by atoms with E-state index in [9.17, 15) is 13.2 Å². The number of benzene rings is 2. The van der Waals surface area contributed by atoms with Crippen LogP contribution in [0.15, 0.2) is 65.6 Å². The Morgan fingerprint density at radius 1 is 0.895 bits per heavy atom. The maximum Gasteiger partial charge on any atom is 0.198 e. The van der Waals surface area contributed by atoms with Gasteiger partial charge in [0.25, 0.3) is 0 Å². The lowest BCUT2D eigenvalue weighted by atomic mass is 10.2. The molecule has 2 aromatic rings. The van der Waals surface area contributed by atoms with E-state index < -0.39 is 19.8 Å². The van der Waals surface area contributed by atoms with Gasteiger partial charge in [-0.3, -0.25) is 4.79 Å². The summed E-state index contributed by atoms with van der Waals surface area (Å²) in [5, 5.41) is 0. The minimum Gasteiger partial charge on any atom is -0.292 e. The molecule has 2 rings (SSSR count). The first-order valence-electron chi connectivity index (χ1n) is 5.56. The summed E-state index contributed by atoms with van der Waals surface area (Å²) in [6.45, 7) is 0. The normalized spacial score (nSPS) is 12.9. The van der Waals surface area contributed by atoms with Gasteiger partial charge in [-0.05, 0) is 12.1 Å². The second kappa shape index (κ2) is 5.67. The summed E-state index contributed by atoms with van der Waals surface area (Å²) in [4.78, 5) is 12.3. The number of hydrogen-bond acceptors (Lipinski definition) is 3. The maximum atomic E-state index is 12.3. The van der Waals surface area contributed by atoms with Crippen molar-refractivity contribution < 1.29 is 13.2 Å². The molecule has 0 radical (unpaired) electrons. The fourth-order valence-corrected chi connectivity index (χ4v) is 3.71. The van der Waals surface area contributed by atoms with Crippen LogP contribution in [0.2, 0.25) is 0 Å². The monoisotopic (exact) mass is 338 g/mol. The van der Waals surface area contributed by atoms with Crippen LogP contribution < -0.4 is 0 Å². The van der Waals surface area contributed by atoms with E-state index in [-0.39, 0.29) is 4.90 Å². The van der Waals surface area contributed by atoms with Gasteiger partial charge in [-0.2, -0.15) is 0 Å². The molecule has 98 valence electrons. The van der Waals surface area contributed by atoms with Crippen LogP contribution in [0.4, 0.5) is 0 Å². The largest absolute Gasteiger partial charge is 0.292 e. The van der Waals surface area contributed by atoms with E-state index in [1.165, 1.54) is 12.1 Å². The molecule has 0 aliphatic rings. The Hall–Kier alpha value is -1.46. The number of sulfone groups is 1. The molecule has 0 bridgehead atoms. The topological polar surface area (TPSA) is 51.2 Å². The van der Waals surface area contributed by atoms with Crippen LogP contribution in [0, 0.1) is 0 Å². The summed E-state index contributed by atoms with van der Waals surface area (Å²) in [7, 11) is -3.72. The smallest absolute Gasteiger partial charge is 0.198 e. The minimum atomic E-state index is -3.72. The van der Waals surface area contributed by atoms with E-state index in [1.54, 1.807) is 48.5 Å². The molecule has 0 N–H and O–H groups in total. The highest BCUT2D eigenvalue weighted by atomic mass is 79.9. The Morgan fingerprint density at radius 3 is 1.89 bits per heavy atom. The molecule has 0 saturated heterocycles. The van der Waals surface area contributed by atoms with Crippen molar-refractivity contribution in [2.75, 3.05) is 0 Å². The first kappa shape index (κ1) is 14.0. The first-order chi connectivity index (χ1) is 9.03. The summed E-state index contributed by atoms with van der Waals surface area (Å²) < 4.78 is 23.3. The Bertz CT molecular complexity index is 666. The number of carbonyl (C=O) groups is 1. The highest BCUT2D eigenvalue weighted by Gasteiger charge is 2.31. The van der Waals surface area contributed by atoms with Crippen LogP contribution in [0.25, 0.3) is 0 Å². The van der Waals surface area contributed by atoms with Crippen LogP contribution in [-0.2, 0) is 9.84 Å². The van der Waals surface area contributed by atoms with Gasteiger partial charge in [-0.25, -0.2) is 8.42 Å². The van der Waals surface area contributed by atoms with Gasteiger partial charge >= 0.3 is 0 Å². The lowest BCUT2D eigenvalue weighted by molar-refractivity contribution is 0.101. The van der Waals surface area contributed by atoms with E-state index in [2.05, 4.69) is 15.9 Å². The third-order valence-electron chi connectivity index (χ3n) is 2.61. The molecule has 1 atom stereocenters. The van der Waals surface area contributed by atoms with Crippen LogP contribution in [0.3, 0.4) is 0 Å². The number of rotatable bonds is 4. The fraction of sp³-hybridized carbons (Fsp3) is 0.0714. The predicted octanol–water partition coefficient (Wildman–Crippen LogP) is 3.06. The SMILES string of the molecule is O=C(c1ccccc1)[C@H](Br)S(=O)(=O)c1ccccc1. The van der Waals surface area contributed by atoms with E-state index in [1.807, 2.05) is 0 Å². The van der Waals surface area contributed by atoms with Crippen LogP contribution in [0.5, 0.6) is 0 Å². The molecule has 19 heavy (non-hydrogen) atoms. The Morgan fingerprint density at radius 2 is 1.37 bits per heavy atom. The predicted molar refractivity (Wildman–Crippen MR) is 77.1 cm³/mol. The van der Waals surface area contributed by atoms with Crippen molar-refractivity contribution in [2.24, 2.45) is 0 Å². The first-order valence-corrected chi connectivity index (χ1v) is 8.02. The van der Waals surface area contributed by atoms with Gasteiger partial charge in [0.1, 0.15) is 0 Å². The number of Topliss-reactive ketones (excluding diaryl/α,β-unsaturated/α-hetero) is 1. The molecule has 5 heteroatoms. The summed E-state index contributed by atoms with van der Waals surface area (Å²) in [5.41, 5.74) is 0.365. The molecule has 0 amide bonds. The summed E-state index contributed by atoms with van der Waals surface area (Å²) >= 11 is 3.00. The molecular weight excluding hydrogens is 328 g/mol. The van der Waals surface area contributed by atoms with Crippen molar-refractivity contribution in [1.29, 1.82) is 0 Å². The van der Waals surface area contributed by atoms with E-state index in [0.717, 1.165) is 0 Å². The zero-order chi connectivity index (χ0) is 13.9. The van der Waals surface area contributed by atoms with Gasteiger partial charge < -0.3 is 0 Å². The zero-order valence-corrected chi connectivity index (χ0v) is 12.3. The fourth-order valence-electron chi connectivity index (χ4n) is 1.60. The van der Waals surface area contributed by atoms with E-state index >= 15 is 0 Å². The van der Waals surface area contributed by atoms with Gasteiger partial charge in [-0.15, -0.1) is 0 Å². The number of halogens is 1. The summed E-state index contributed by atoms with van der Waals surface area (Å²) in [5.74, 6) is -0.468. The second-order valence-corrected chi connectivity index (χ2v) is 7.46. The maximum absolute atomic E-state index is 12.3. The van der Waals surface area contributed by atoms with Gasteiger partial charge in [0.15, 0.2) is 19.8 Å². The number of ketones is 1. The molecule has 0 spiro atoms. The van der Waals surface area contributed by atoms with E-state index in [4.69, 9.17) is 0 Å². The zero-order valence-electron chi connectivity index (χ0n) is 9.86. The number of alkyl halides is 1. The highest BCUT2D eigenvalue weighted by Crippen LogP contribution is 2.23. The number of hydrogen-bond donors (Lipinski definition) is 0. The van der Waals surface area contributed by atoms with Gasteiger partial charge in [0.05, 0.1) is 4.90 Å². The molecule has 2 aromatic carbocycles. The van der Waals surface area contributed by atoms with Crippen LogP contribution in [-0.4, -0.2) is 18.4 Å². The summed E-state index contributed by atoms with van der Waals surface area (Å²) in [6, 6.07) is 16.3. The second-order valence-electron chi connectivity index (χ2n) is 3.90. The van der Waals surface area contributed by atoms with Crippen molar-refractivity contribution in [1.82, 2.24) is 0 Å². The van der Waals surface area contributed by atoms with Crippen molar-refractivity contribution in [2.45, 2.75) is 9.05 Å². The third-order valence-corrected chi connectivity index (χ3v) is 6.19. The van der Waals surface area contributed by atoms with Gasteiger partial charge in [0.2, 0.25) is 0 Å². The average Bonchev–Trinajstić information content (AvgIpc) is 2.47. The molecule has 0 fully saturated rings. The average molecular weight is 339 g/mol. The van der Waals surface area contributed by atoms with Gasteiger partial charge in [-0.1, -0.05) is 64.5 Å². The number of carbonyl (C=O) groups excluding carboxylic acids is 1. The van der Waals surface area contributed by atoms with Gasteiger partial charge in [0, 0.05) is 5.56 Å². The highest BCUT2D eigenvalue weighted by molar-refractivity contribution is 9.11. The lowest BCUT2D eigenvalue weighted by Gasteiger charge is -2.10. The molecule has 0 aliphatic carbocycles. The molecule has 3 nitrogen and oxygen atoms in total. The van der Waals surface area contributed by atoms with Crippen molar-refractivity contribution >= 4 is 31.6 Å².